The van der Waals surface area contributed by atoms with Crippen molar-refractivity contribution in [3.05, 3.63) is 65.5 Å². The highest BCUT2D eigenvalue weighted by Gasteiger charge is 2.35. The maximum Gasteiger partial charge on any atom is 0.257 e. The Hall–Kier alpha value is -3.04. The lowest BCUT2D eigenvalue weighted by Gasteiger charge is -2.45. The van der Waals surface area contributed by atoms with Crippen molar-refractivity contribution in [1.82, 2.24) is 19.4 Å². The third kappa shape index (κ3) is 4.06. The second kappa shape index (κ2) is 8.87. The number of amides is 1. The minimum atomic E-state index is -0.443. The largest absolute Gasteiger partial charge is 0.390 e. The number of anilines is 1. The van der Waals surface area contributed by atoms with Crippen LogP contribution in [-0.4, -0.2) is 75.3 Å². The lowest BCUT2D eigenvalue weighted by molar-refractivity contribution is -0.0381. The smallest absolute Gasteiger partial charge is 0.257 e. The highest BCUT2D eigenvalue weighted by molar-refractivity contribution is 6.01. The number of fused-ring (bicyclic) bond motifs is 1. The van der Waals surface area contributed by atoms with Crippen LogP contribution in [0.15, 0.2) is 42.7 Å². The summed E-state index contributed by atoms with van der Waals surface area (Å²) in [4.78, 5) is 19.7. The van der Waals surface area contributed by atoms with E-state index in [9.17, 15) is 18.7 Å². The highest BCUT2D eigenvalue weighted by atomic mass is 19.1. The topological polar surface area (TPSA) is 64.3 Å². The van der Waals surface area contributed by atoms with Crippen LogP contribution in [0.3, 0.4) is 0 Å². The van der Waals surface area contributed by atoms with Crippen molar-refractivity contribution in [1.29, 1.82) is 0 Å². The van der Waals surface area contributed by atoms with E-state index in [1.165, 1.54) is 12.1 Å². The standard InChI is InChI=1S/C26H29F2N5O2/c27-17-3-4-23(28)21(12-17)24-2-1-8-32(24)19-7-11-33-25(13-19)22(14-29-33)26(35)30-9-5-18(6-10-30)31-15-20(34)16-31/h3-4,7,11-14,18,20,24,34H,1-2,5-6,8-10,15-16H2. The van der Waals surface area contributed by atoms with Crippen molar-refractivity contribution >= 4 is 17.1 Å². The van der Waals surface area contributed by atoms with Crippen molar-refractivity contribution in [3.63, 3.8) is 0 Å². The van der Waals surface area contributed by atoms with Gasteiger partial charge in [-0.25, -0.2) is 13.3 Å². The molecule has 0 aliphatic carbocycles. The molecule has 6 rings (SSSR count). The molecule has 0 spiro atoms. The van der Waals surface area contributed by atoms with Crippen LogP contribution in [0, 0.1) is 11.6 Å². The number of β-amino-alcohol motifs (C(OH)–C–C–N with tert-alkyl or cyclic N) is 1. The van der Waals surface area contributed by atoms with Crippen LogP contribution >= 0.6 is 0 Å². The molecule has 2 aromatic heterocycles. The van der Waals surface area contributed by atoms with E-state index in [-0.39, 0.29) is 18.1 Å². The zero-order valence-corrected chi connectivity index (χ0v) is 19.5. The molecule has 0 saturated carbocycles. The number of rotatable bonds is 4. The minimum Gasteiger partial charge on any atom is -0.390 e. The molecule has 3 aromatic rings. The van der Waals surface area contributed by atoms with Gasteiger partial charge in [0.2, 0.25) is 0 Å². The van der Waals surface area contributed by atoms with E-state index < -0.39 is 11.6 Å². The third-order valence-corrected chi connectivity index (χ3v) is 7.80. The molecule has 0 bridgehead atoms. The molecule has 7 nitrogen and oxygen atoms in total. The summed E-state index contributed by atoms with van der Waals surface area (Å²) < 4.78 is 30.1. The van der Waals surface area contributed by atoms with Crippen molar-refractivity contribution in [3.8, 4) is 0 Å². The number of pyridine rings is 1. The first-order valence-electron chi connectivity index (χ1n) is 12.4. The maximum atomic E-state index is 14.5. The second-order valence-corrected chi connectivity index (χ2v) is 9.92. The normalized spacial score (nSPS) is 22.2. The van der Waals surface area contributed by atoms with E-state index in [0.717, 1.165) is 57.1 Å². The van der Waals surface area contributed by atoms with E-state index in [1.54, 1.807) is 10.7 Å². The van der Waals surface area contributed by atoms with Crippen LogP contribution in [0.5, 0.6) is 0 Å². The lowest BCUT2D eigenvalue weighted by atomic mass is 9.98. The van der Waals surface area contributed by atoms with E-state index >= 15 is 0 Å². The minimum absolute atomic E-state index is 0.0339. The molecule has 3 fully saturated rings. The average Bonchev–Trinajstić information content (AvgIpc) is 3.50. The van der Waals surface area contributed by atoms with Gasteiger partial charge < -0.3 is 14.9 Å². The molecule has 35 heavy (non-hydrogen) atoms. The summed E-state index contributed by atoms with van der Waals surface area (Å²) >= 11 is 0. The number of hydrogen-bond acceptors (Lipinski definition) is 5. The Kier molecular flexibility index (Phi) is 5.69. The van der Waals surface area contributed by atoms with Crippen LogP contribution in [-0.2, 0) is 0 Å². The molecule has 1 atom stereocenters. The quantitative estimate of drug-likeness (QED) is 0.620. The van der Waals surface area contributed by atoms with Gasteiger partial charge in [0, 0.05) is 56.2 Å². The molecule has 9 heteroatoms. The van der Waals surface area contributed by atoms with Gasteiger partial charge in [-0.2, -0.15) is 5.10 Å². The summed E-state index contributed by atoms with van der Waals surface area (Å²) in [5.74, 6) is -0.879. The Morgan fingerprint density at radius 1 is 1.03 bits per heavy atom. The number of halogens is 2. The van der Waals surface area contributed by atoms with Gasteiger partial charge in [-0.15, -0.1) is 0 Å². The summed E-state index contributed by atoms with van der Waals surface area (Å²) in [6, 6.07) is 7.63. The summed E-state index contributed by atoms with van der Waals surface area (Å²) in [5, 5.41) is 14.0. The first-order chi connectivity index (χ1) is 17.0. The van der Waals surface area contributed by atoms with Gasteiger partial charge in [0.05, 0.1) is 29.4 Å². The molecule has 1 N–H and O–H groups in total. The van der Waals surface area contributed by atoms with Gasteiger partial charge in [-0.05, 0) is 56.0 Å². The first-order valence-corrected chi connectivity index (χ1v) is 12.4. The van der Waals surface area contributed by atoms with Crippen LogP contribution in [0.1, 0.15) is 47.6 Å². The molecular weight excluding hydrogens is 452 g/mol. The molecule has 3 aliphatic heterocycles. The zero-order valence-electron chi connectivity index (χ0n) is 19.5. The Morgan fingerprint density at radius 2 is 1.83 bits per heavy atom. The first kappa shape index (κ1) is 22.4. The molecule has 5 heterocycles. The molecule has 1 amide bonds. The number of nitrogens with zero attached hydrogens (tertiary/aromatic N) is 5. The monoisotopic (exact) mass is 481 g/mol. The van der Waals surface area contributed by atoms with Crippen LogP contribution in [0.25, 0.3) is 5.52 Å². The van der Waals surface area contributed by atoms with Crippen molar-refractivity contribution in [2.75, 3.05) is 37.6 Å². The summed E-state index contributed by atoms with van der Waals surface area (Å²) in [5.41, 5.74) is 2.50. The molecule has 3 aliphatic rings. The van der Waals surface area contributed by atoms with Crippen LogP contribution in [0.4, 0.5) is 14.5 Å². The maximum absolute atomic E-state index is 14.5. The number of carbonyl (C=O) groups excluding carboxylic acids is 1. The third-order valence-electron chi connectivity index (χ3n) is 7.80. The fourth-order valence-corrected chi connectivity index (χ4v) is 5.87. The molecule has 1 aromatic carbocycles. The van der Waals surface area contributed by atoms with Crippen LogP contribution in [0.2, 0.25) is 0 Å². The SMILES string of the molecule is O=C(c1cnn2ccc(N3CCCC3c3cc(F)ccc3F)cc12)N1CCC(N2CC(O)C2)CC1. The second-order valence-electron chi connectivity index (χ2n) is 9.92. The molecule has 0 radical (unpaired) electrons. The Balaban J connectivity index is 1.23. The van der Waals surface area contributed by atoms with Crippen molar-refractivity contribution in [2.24, 2.45) is 0 Å². The predicted molar refractivity (Wildman–Crippen MR) is 127 cm³/mol. The molecule has 1 unspecified atom stereocenters. The Bertz CT molecular complexity index is 1250. The molecule has 3 saturated heterocycles. The summed E-state index contributed by atoms with van der Waals surface area (Å²) in [7, 11) is 0. The fraction of sp³-hybridized carbons (Fsp3) is 0.462. The van der Waals surface area contributed by atoms with E-state index in [4.69, 9.17) is 0 Å². The van der Waals surface area contributed by atoms with Crippen molar-refractivity contribution < 1.29 is 18.7 Å². The number of piperidine rings is 1. The Morgan fingerprint density at radius 3 is 2.60 bits per heavy atom. The molecular formula is C26H29F2N5O2. The summed E-state index contributed by atoms with van der Waals surface area (Å²) in [6.45, 7) is 3.55. The van der Waals surface area contributed by atoms with Gasteiger partial charge in [0.1, 0.15) is 11.6 Å². The fourth-order valence-electron chi connectivity index (χ4n) is 5.87. The lowest BCUT2D eigenvalue weighted by Crippen LogP contribution is -2.58. The van der Waals surface area contributed by atoms with E-state index in [1.807, 2.05) is 23.2 Å². The van der Waals surface area contributed by atoms with Crippen LogP contribution < -0.4 is 4.90 Å². The summed E-state index contributed by atoms with van der Waals surface area (Å²) in [6.07, 6.45) is 6.64. The number of benzene rings is 1. The predicted octanol–water partition coefficient (Wildman–Crippen LogP) is 3.24. The van der Waals surface area contributed by atoms with Gasteiger partial charge >= 0.3 is 0 Å². The van der Waals surface area contributed by atoms with Gasteiger partial charge in [-0.1, -0.05) is 0 Å². The molecule has 184 valence electrons. The number of aliphatic hydroxyl groups excluding tert-OH is 1. The zero-order chi connectivity index (χ0) is 24.1. The number of likely N-dealkylation sites (tertiary alicyclic amines) is 2. The Labute approximate surface area is 202 Å². The van der Waals surface area contributed by atoms with Gasteiger partial charge in [0.25, 0.3) is 5.91 Å². The van der Waals surface area contributed by atoms with Gasteiger partial charge in [-0.3, -0.25) is 9.69 Å². The highest BCUT2D eigenvalue weighted by Crippen LogP contribution is 2.38. The van der Waals surface area contributed by atoms with E-state index in [0.29, 0.717) is 35.8 Å². The van der Waals surface area contributed by atoms with E-state index in [2.05, 4.69) is 14.9 Å². The number of carbonyl (C=O) groups is 1. The van der Waals surface area contributed by atoms with Gasteiger partial charge in [0.15, 0.2) is 0 Å². The number of hydrogen-bond donors (Lipinski definition) is 1. The van der Waals surface area contributed by atoms with Crippen molar-refractivity contribution in [2.45, 2.75) is 43.9 Å². The number of aromatic nitrogens is 2. The average molecular weight is 482 g/mol. The number of aliphatic hydroxyl groups is 1.